The minimum atomic E-state index is -0.0879. The fourth-order valence-electron chi connectivity index (χ4n) is 3.34. The van der Waals surface area contributed by atoms with Gasteiger partial charge in [-0.2, -0.15) is 0 Å². The molecule has 1 saturated carbocycles. The zero-order valence-electron chi connectivity index (χ0n) is 15.4. The second-order valence-electron chi connectivity index (χ2n) is 7.29. The van der Waals surface area contributed by atoms with Crippen LogP contribution in [0.5, 0.6) is 11.6 Å². The van der Waals surface area contributed by atoms with Crippen LogP contribution in [-0.2, 0) is 0 Å². The third-order valence-electron chi connectivity index (χ3n) is 4.98. The van der Waals surface area contributed by atoms with Gasteiger partial charge in [-0.15, -0.1) is 0 Å². The van der Waals surface area contributed by atoms with E-state index < -0.39 is 0 Å². The number of carbonyl (C=O) groups excluding carboxylic acids is 1. The van der Waals surface area contributed by atoms with Crippen molar-refractivity contribution in [1.82, 2.24) is 10.3 Å². The van der Waals surface area contributed by atoms with Gasteiger partial charge < -0.3 is 15.8 Å². The highest BCUT2D eigenvalue weighted by atomic mass is 16.5. The molecule has 2 unspecified atom stereocenters. The van der Waals surface area contributed by atoms with E-state index in [1.807, 2.05) is 24.3 Å². The van der Waals surface area contributed by atoms with Gasteiger partial charge in [0.1, 0.15) is 5.75 Å². The molecule has 2 aromatic rings. The van der Waals surface area contributed by atoms with Gasteiger partial charge in [0, 0.05) is 23.9 Å². The molecule has 1 fully saturated rings. The molecular formula is C21H27N3O2. The quantitative estimate of drug-likeness (QED) is 0.827. The highest BCUT2D eigenvalue weighted by Gasteiger charge is 2.25. The molecule has 5 nitrogen and oxygen atoms in total. The molecule has 1 heterocycles. The van der Waals surface area contributed by atoms with Crippen molar-refractivity contribution in [2.45, 2.75) is 45.1 Å². The van der Waals surface area contributed by atoms with Gasteiger partial charge in [-0.1, -0.05) is 26.0 Å². The number of nitrogens with zero attached hydrogens (tertiary/aromatic N) is 1. The van der Waals surface area contributed by atoms with E-state index in [-0.39, 0.29) is 11.9 Å². The SMILES string of the molecule is CC(C)c1ccc(Oc2cc(C(=O)NC3CCC(CN)C3)ccn2)cc1. The van der Waals surface area contributed by atoms with E-state index in [9.17, 15) is 4.79 Å². The van der Waals surface area contributed by atoms with Crippen LogP contribution in [0.3, 0.4) is 0 Å². The summed E-state index contributed by atoms with van der Waals surface area (Å²) < 4.78 is 5.80. The van der Waals surface area contributed by atoms with Crippen LogP contribution >= 0.6 is 0 Å². The number of carbonyl (C=O) groups is 1. The van der Waals surface area contributed by atoms with Crippen molar-refractivity contribution in [2.75, 3.05) is 6.54 Å². The molecule has 0 radical (unpaired) electrons. The average molecular weight is 353 g/mol. The molecule has 1 amide bonds. The van der Waals surface area contributed by atoms with Gasteiger partial charge in [-0.05, 0) is 61.4 Å². The summed E-state index contributed by atoms with van der Waals surface area (Å²) in [5, 5.41) is 3.09. The van der Waals surface area contributed by atoms with Crippen LogP contribution in [0.25, 0.3) is 0 Å². The summed E-state index contributed by atoms with van der Waals surface area (Å²) >= 11 is 0. The number of rotatable bonds is 6. The number of amides is 1. The Balaban J connectivity index is 1.63. The van der Waals surface area contributed by atoms with Crippen molar-refractivity contribution in [3.8, 4) is 11.6 Å². The Morgan fingerprint density at radius 1 is 1.27 bits per heavy atom. The van der Waals surface area contributed by atoms with Gasteiger partial charge in [0.25, 0.3) is 5.91 Å². The summed E-state index contributed by atoms with van der Waals surface area (Å²) in [6.45, 7) is 4.99. The van der Waals surface area contributed by atoms with Gasteiger partial charge in [0.15, 0.2) is 0 Å². The fraction of sp³-hybridized carbons (Fsp3) is 0.429. The highest BCUT2D eigenvalue weighted by molar-refractivity contribution is 5.94. The molecule has 1 aliphatic rings. The summed E-state index contributed by atoms with van der Waals surface area (Å²) in [6.07, 6.45) is 4.63. The summed E-state index contributed by atoms with van der Waals surface area (Å²) in [4.78, 5) is 16.7. The number of benzene rings is 1. The van der Waals surface area contributed by atoms with Gasteiger partial charge in [-0.25, -0.2) is 4.98 Å². The normalized spacial score (nSPS) is 19.5. The first-order valence-electron chi connectivity index (χ1n) is 9.30. The molecule has 1 aromatic heterocycles. The lowest BCUT2D eigenvalue weighted by molar-refractivity contribution is 0.0936. The molecule has 0 aliphatic heterocycles. The van der Waals surface area contributed by atoms with Crippen molar-refractivity contribution in [1.29, 1.82) is 0 Å². The maximum atomic E-state index is 12.5. The Labute approximate surface area is 155 Å². The van der Waals surface area contributed by atoms with E-state index in [2.05, 4.69) is 24.1 Å². The summed E-state index contributed by atoms with van der Waals surface area (Å²) in [6, 6.07) is 11.5. The van der Waals surface area contributed by atoms with E-state index in [4.69, 9.17) is 10.5 Å². The third kappa shape index (κ3) is 4.61. The largest absolute Gasteiger partial charge is 0.439 e. The fourth-order valence-corrected chi connectivity index (χ4v) is 3.34. The summed E-state index contributed by atoms with van der Waals surface area (Å²) in [7, 11) is 0. The molecule has 138 valence electrons. The molecule has 3 rings (SSSR count). The Morgan fingerprint density at radius 3 is 2.69 bits per heavy atom. The number of aromatic nitrogens is 1. The molecule has 1 aliphatic carbocycles. The van der Waals surface area contributed by atoms with Crippen molar-refractivity contribution < 1.29 is 9.53 Å². The minimum absolute atomic E-state index is 0.0879. The first-order valence-corrected chi connectivity index (χ1v) is 9.30. The maximum absolute atomic E-state index is 12.5. The van der Waals surface area contributed by atoms with Crippen LogP contribution < -0.4 is 15.8 Å². The lowest BCUT2D eigenvalue weighted by Crippen LogP contribution is -2.33. The van der Waals surface area contributed by atoms with Crippen LogP contribution in [0.1, 0.15) is 54.9 Å². The third-order valence-corrected chi connectivity index (χ3v) is 4.98. The summed E-state index contributed by atoms with van der Waals surface area (Å²) in [5.74, 6) is 2.03. The monoisotopic (exact) mass is 353 g/mol. The van der Waals surface area contributed by atoms with Crippen molar-refractivity contribution in [3.63, 3.8) is 0 Å². The summed E-state index contributed by atoms with van der Waals surface area (Å²) in [5.41, 5.74) is 7.53. The molecule has 2 atom stereocenters. The van der Waals surface area contributed by atoms with Crippen LogP contribution in [0.15, 0.2) is 42.6 Å². The Morgan fingerprint density at radius 2 is 2.04 bits per heavy atom. The first-order chi connectivity index (χ1) is 12.5. The van der Waals surface area contributed by atoms with Gasteiger partial charge in [0.2, 0.25) is 5.88 Å². The van der Waals surface area contributed by atoms with Crippen LogP contribution in [0, 0.1) is 5.92 Å². The van der Waals surface area contributed by atoms with E-state index in [0.717, 1.165) is 19.3 Å². The van der Waals surface area contributed by atoms with Gasteiger partial charge in [0.05, 0.1) is 0 Å². The minimum Gasteiger partial charge on any atom is -0.439 e. The van der Waals surface area contributed by atoms with E-state index in [1.54, 1.807) is 18.3 Å². The molecular weight excluding hydrogens is 326 g/mol. The van der Waals surface area contributed by atoms with Crippen molar-refractivity contribution >= 4 is 5.91 Å². The molecule has 0 saturated heterocycles. The number of pyridine rings is 1. The topological polar surface area (TPSA) is 77.2 Å². The van der Waals surface area contributed by atoms with Gasteiger partial charge in [-0.3, -0.25) is 4.79 Å². The smallest absolute Gasteiger partial charge is 0.251 e. The molecule has 0 spiro atoms. The van der Waals surface area contributed by atoms with Crippen molar-refractivity contribution in [2.24, 2.45) is 11.7 Å². The van der Waals surface area contributed by atoms with E-state index in [0.29, 0.717) is 35.6 Å². The average Bonchev–Trinajstić information content (AvgIpc) is 3.10. The number of ether oxygens (including phenoxy) is 1. The van der Waals surface area contributed by atoms with E-state index >= 15 is 0 Å². The number of nitrogens with one attached hydrogen (secondary N) is 1. The zero-order chi connectivity index (χ0) is 18.5. The lowest BCUT2D eigenvalue weighted by atomic mass is 10.0. The molecule has 5 heteroatoms. The zero-order valence-corrected chi connectivity index (χ0v) is 15.4. The lowest BCUT2D eigenvalue weighted by Gasteiger charge is -2.13. The second-order valence-corrected chi connectivity index (χ2v) is 7.29. The second kappa shape index (κ2) is 8.32. The molecule has 0 bridgehead atoms. The van der Waals surface area contributed by atoms with Crippen LogP contribution in [-0.4, -0.2) is 23.5 Å². The number of nitrogens with two attached hydrogens (primary N) is 1. The van der Waals surface area contributed by atoms with Gasteiger partial charge >= 0.3 is 0 Å². The Kier molecular flexibility index (Phi) is 5.89. The predicted octanol–water partition coefficient (Wildman–Crippen LogP) is 3.85. The van der Waals surface area contributed by atoms with Crippen LogP contribution in [0.4, 0.5) is 0 Å². The maximum Gasteiger partial charge on any atom is 0.251 e. The molecule has 1 aromatic carbocycles. The van der Waals surface area contributed by atoms with Crippen LogP contribution in [0.2, 0.25) is 0 Å². The Bertz CT molecular complexity index is 743. The molecule has 3 N–H and O–H groups in total. The van der Waals surface area contributed by atoms with E-state index in [1.165, 1.54) is 5.56 Å². The highest BCUT2D eigenvalue weighted by Crippen LogP contribution is 2.26. The number of hydrogen-bond acceptors (Lipinski definition) is 4. The Hall–Kier alpha value is -2.40. The van der Waals surface area contributed by atoms with Crippen molar-refractivity contribution in [3.05, 3.63) is 53.7 Å². The number of hydrogen-bond donors (Lipinski definition) is 2. The predicted molar refractivity (Wildman–Crippen MR) is 102 cm³/mol. The molecule has 26 heavy (non-hydrogen) atoms. The first kappa shape index (κ1) is 18.4. The standard InChI is InChI=1S/C21H27N3O2/c1-14(2)16-4-7-19(8-5-16)26-20-12-17(9-10-23-20)21(25)24-18-6-3-15(11-18)13-22/h4-5,7-10,12,14-15,18H,3,6,11,13,22H2,1-2H3,(H,24,25).